The summed E-state index contributed by atoms with van der Waals surface area (Å²) >= 11 is 0. The number of hydrogen-bond donors (Lipinski definition) is 1. The second-order valence-electron chi connectivity index (χ2n) is 9.38. The minimum atomic E-state index is 0.324. The van der Waals surface area contributed by atoms with E-state index in [2.05, 4.69) is 74.2 Å². The van der Waals surface area contributed by atoms with Crippen molar-refractivity contribution < 1.29 is 4.74 Å². The van der Waals surface area contributed by atoms with Crippen LogP contribution >= 0.6 is 0 Å². The molecule has 1 saturated heterocycles. The highest BCUT2D eigenvalue weighted by Gasteiger charge is 2.26. The van der Waals surface area contributed by atoms with Gasteiger partial charge >= 0.3 is 0 Å². The Kier molecular flexibility index (Phi) is 6.38. The average Bonchev–Trinajstić information content (AvgIpc) is 3.31. The molecule has 0 bridgehead atoms. The average molecular weight is 463 g/mol. The number of anilines is 3. The summed E-state index contributed by atoms with van der Waals surface area (Å²) in [4.78, 5) is 16.2. The summed E-state index contributed by atoms with van der Waals surface area (Å²) in [5.41, 5.74) is 11.2. The zero-order valence-electron chi connectivity index (χ0n) is 20.3. The van der Waals surface area contributed by atoms with Gasteiger partial charge in [-0.05, 0) is 43.1 Å². The van der Waals surface area contributed by atoms with Gasteiger partial charge in [-0.3, -0.25) is 4.68 Å². The molecule has 2 aliphatic rings. The number of piperazine rings is 1. The summed E-state index contributed by atoms with van der Waals surface area (Å²) in [6.45, 7) is 8.40. The third-order valence-electron chi connectivity index (χ3n) is 6.92. The highest BCUT2D eigenvalue weighted by Crippen LogP contribution is 2.32. The van der Waals surface area contributed by atoms with Crippen LogP contribution in [0.3, 0.4) is 0 Å². The van der Waals surface area contributed by atoms with Crippen molar-refractivity contribution in [1.82, 2.24) is 24.6 Å². The highest BCUT2D eigenvalue weighted by molar-refractivity contribution is 5.65. The van der Waals surface area contributed by atoms with Crippen LogP contribution in [-0.4, -0.2) is 77.6 Å². The maximum atomic E-state index is 6.17. The van der Waals surface area contributed by atoms with E-state index in [1.807, 2.05) is 10.9 Å². The van der Waals surface area contributed by atoms with E-state index in [4.69, 9.17) is 10.5 Å². The molecule has 2 aromatic heterocycles. The van der Waals surface area contributed by atoms with Crippen molar-refractivity contribution in [2.45, 2.75) is 32.5 Å². The van der Waals surface area contributed by atoms with E-state index in [1.165, 1.54) is 16.7 Å². The van der Waals surface area contributed by atoms with Crippen LogP contribution in [-0.2, 0) is 24.2 Å². The molecule has 2 N–H and O–H groups in total. The van der Waals surface area contributed by atoms with Gasteiger partial charge in [0.05, 0.1) is 19.3 Å². The van der Waals surface area contributed by atoms with Crippen molar-refractivity contribution >= 4 is 17.6 Å². The maximum absolute atomic E-state index is 6.17. The molecule has 34 heavy (non-hydrogen) atoms. The smallest absolute Gasteiger partial charge is 0.223 e. The molecule has 0 saturated carbocycles. The topological polar surface area (TPSA) is 88.6 Å². The molecule has 3 aromatic rings. The number of fused-ring (bicyclic) bond motifs is 1. The molecular weight excluding hydrogens is 428 g/mol. The van der Waals surface area contributed by atoms with Crippen molar-refractivity contribution in [2.24, 2.45) is 0 Å². The number of nitrogens with two attached hydrogens (primary N) is 1. The van der Waals surface area contributed by atoms with E-state index in [-0.39, 0.29) is 0 Å². The van der Waals surface area contributed by atoms with Crippen LogP contribution in [0, 0.1) is 0 Å². The van der Waals surface area contributed by atoms with Crippen LogP contribution in [0.1, 0.15) is 18.1 Å². The van der Waals surface area contributed by atoms with E-state index >= 15 is 0 Å². The number of hydrogen-bond acceptors (Lipinski definition) is 8. The SMILES string of the molecule is COCCn1cc(-c2ccc3c(c2)CN(c2cc(N4CCN(C)CC4)nc(N)n2)C(C)C3)cn1. The summed E-state index contributed by atoms with van der Waals surface area (Å²) in [5.74, 6) is 2.16. The number of methoxy groups -OCH3 is 1. The van der Waals surface area contributed by atoms with Crippen molar-refractivity contribution in [2.75, 3.05) is 62.5 Å². The van der Waals surface area contributed by atoms with E-state index in [1.54, 1.807) is 7.11 Å². The fourth-order valence-electron chi connectivity index (χ4n) is 4.83. The van der Waals surface area contributed by atoms with Crippen LogP contribution in [0.4, 0.5) is 17.6 Å². The zero-order valence-corrected chi connectivity index (χ0v) is 20.3. The minimum absolute atomic E-state index is 0.324. The predicted molar refractivity (Wildman–Crippen MR) is 135 cm³/mol. The molecule has 5 rings (SSSR count). The molecule has 1 unspecified atom stereocenters. The van der Waals surface area contributed by atoms with Gasteiger partial charge in [0.15, 0.2) is 0 Å². The lowest BCUT2D eigenvalue weighted by molar-refractivity contribution is 0.183. The van der Waals surface area contributed by atoms with Gasteiger partial charge < -0.3 is 25.2 Å². The molecule has 1 atom stereocenters. The lowest BCUT2D eigenvalue weighted by Gasteiger charge is -2.37. The molecule has 180 valence electrons. The Labute approximate surface area is 201 Å². The Hall–Kier alpha value is -3.17. The Morgan fingerprint density at radius 1 is 1.03 bits per heavy atom. The zero-order chi connectivity index (χ0) is 23.7. The second kappa shape index (κ2) is 9.60. The number of benzene rings is 1. The third kappa shape index (κ3) is 4.71. The monoisotopic (exact) mass is 462 g/mol. The Morgan fingerprint density at radius 2 is 1.82 bits per heavy atom. The van der Waals surface area contributed by atoms with Crippen LogP contribution in [0.5, 0.6) is 0 Å². The number of likely N-dealkylation sites (N-methyl/N-ethyl adjacent to an activating group) is 1. The highest BCUT2D eigenvalue weighted by atomic mass is 16.5. The maximum Gasteiger partial charge on any atom is 0.223 e. The van der Waals surface area contributed by atoms with Gasteiger partial charge in [-0.1, -0.05) is 12.1 Å². The molecular formula is C25H34N8O. The van der Waals surface area contributed by atoms with Crippen molar-refractivity contribution in [3.8, 4) is 11.1 Å². The Balaban J connectivity index is 1.39. The number of nitrogen functional groups attached to an aromatic ring is 1. The van der Waals surface area contributed by atoms with Crippen LogP contribution in [0.15, 0.2) is 36.7 Å². The van der Waals surface area contributed by atoms with Gasteiger partial charge in [-0.25, -0.2) is 0 Å². The fraction of sp³-hybridized carbons (Fsp3) is 0.480. The van der Waals surface area contributed by atoms with Gasteiger partial charge in [0.1, 0.15) is 11.6 Å². The van der Waals surface area contributed by atoms with E-state index in [0.717, 1.165) is 62.9 Å². The lowest BCUT2D eigenvalue weighted by atomic mass is 9.92. The standard InChI is InChI=1S/C25H34N8O/c1-18-12-19-4-5-20(22-15-27-32(16-22)10-11-34-3)13-21(19)17-33(18)24-14-23(28-25(26)29-24)31-8-6-30(2)7-9-31/h4-5,13-16,18H,6-12,17H2,1-3H3,(H2,26,28,29). The third-order valence-corrected chi connectivity index (χ3v) is 6.92. The Morgan fingerprint density at radius 3 is 2.62 bits per heavy atom. The van der Waals surface area contributed by atoms with E-state index < -0.39 is 0 Å². The van der Waals surface area contributed by atoms with Gasteiger partial charge in [-0.2, -0.15) is 15.1 Å². The van der Waals surface area contributed by atoms with Crippen LogP contribution in [0.2, 0.25) is 0 Å². The number of rotatable bonds is 6. The van der Waals surface area contributed by atoms with Gasteiger partial charge in [-0.15, -0.1) is 0 Å². The molecule has 0 amide bonds. The first-order valence-electron chi connectivity index (χ1n) is 12.0. The largest absolute Gasteiger partial charge is 0.383 e. The Bertz CT molecular complexity index is 1140. The summed E-state index contributed by atoms with van der Waals surface area (Å²) in [5, 5.41) is 4.47. The summed E-state index contributed by atoms with van der Waals surface area (Å²) < 4.78 is 7.10. The van der Waals surface area contributed by atoms with E-state index in [9.17, 15) is 0 Å². The van der Waals surface area contributed by atoms with E-state index in [0.29, 0.717) is 18.6 Å². The van der Waals surface area contributed by atoms with Crippen molar-refractivity contribution in [3.63, 3.8) is 0 Å². The number of aromatic nitrogens is 4. The minimum Gasteiger partial charge on any atom is -0.383 e. The normalized spacial score (nSPS) is 18.9. The van der Waals surface area contributed by atoms with Gasteiger partial charge in [0, 0.05) is 63.7 Å². The predicted octanol–water partition coefficient (Wildman–Crippen LogP) is 2.27. The van der Waals surface area contributed by atoms with Crippen LogP contribution < -0.4 is 15.5 Å². The molecule has 1 aromatic carbocycles. The molecule has 0 radical (unpaired) electrons. The number of nitrogens with zero attached hydrogens (tertiary/aromatic N) is 7. The molecule has 1 fully saturated rings. The van der Waals surface area contributed by atoms with Gasteiger partial charge in [0.2, 0.25) is 5.95 Å². The first-order valence-corrected chi connectivity index (χ1v) is 12.0. The number of ether oxygens (including phenoxy) is 1. The molecule has 0 aliphatic carbocycles. The first-order chi connectivity index (χ1) is 16.5. The molecule has 9 nitrogen and oxygen atoms in total. The lowest BCUT2D eigenvalue weighted by Crippen LogP contribution is -2.45. The summed E-state index contributed by atoms with van der Waals surface area (Å²) in [7, 11) is 3.86. The molecule has 9 heteroatoms. The summed E-state index contributed by atoms with van der Waals surface area (Å²) in [6, 6.07) is 9.18. The second-order valence-corrected chi connectivity index (χ2v) is 9.38. The van der Waals surface area contributed by atoms with Crippen molar-refractivity contribution in [3.05, 3.63) is 47.8 Å². The first kappa shape index (κ1) is 22.6. The summed E-state index contributed by atoms with van der Waals surface area (Å²) in [6.07, 6.45) is 4.97. The van der Waals surface area contributed by atoms with Crippen LogP contribution in [0.25, 0.3) is 11.1 Å². The molecule has 4 heterocycles. The molecule has 0 spiro atoms. The van der Waals surface area contributed by atoms with Gasteiger partial charge in [0.25, 0.3) is 0 Å². The molecule has 2 aliphatic heterocycles. The fourth-order valence-corrected chi connectivity index (χ4v) is 4.83. The quantitative estimate of drug-likeness (QED) is 0.597. The van der Waals surface area contributed by atoms with Crippen molar-refractivity contribution in [1.29, 1.82) is 0 Å².